The van der Waals surface area contributed by atoms with Gasteiger partial charge in [-0.05, 0) is 96.3 Å². The van der Waals surface area contributed by atoms with Crippen LogP contribution in [0.2, 0.25) is 0 Å². The van der Waals surface area contributed by atoms with Crippen molar-refractivity contribution in [3.8, 4) is 0 Å². The topological polar surface area (TPSA) is 78.9 Å². The van der Waals surface area contributed by atoms with Gasteiger partial charge >= 0.3 is 17.9 Å². The van der Waals surface area contributed by atoms with Gasteiger partial charge in [-0.2, -0.15) is 0 Å². The summed E-state index contributed by atoms with van der Waals surface area (Å²) in [6.07, 6.45) is 68.5. The van der Waals surface area contributed by atoms with Gasteiger partial charge in [0.1, 0.15) is 13.2 Å². The molecule has 1 atom stereocenters. The maximum atomic E-state index is 12.8. The number of esters is 3. The van der Waals surface area contributed by atoms with Gasteiger partial charge in [0.05, 0.1) is 0 Å². The molecule has 0 aliphatic heterocycles. The van der Waals surface area contributed by atoms with Crippen LogP contribution < -0.4 is 0 Å². The lowest BCUT2D eigenvalue weighted by molar-refractivity contribution is -0.167. The Morgan fingerprint density at radius 1 is 0.323 bits per heavy atom. The molecule has 0 unspecified atom stereocenters. The fraction of sp³-hybridized carbons (Fsp3) is 0.712. The van der Waals surface area contributed by atoms with Crippen LogP contribution >= 0.6 is 0 Å². The molecule has 0 rings (SSSR count). The smallest absolute Gasteiger partial charge is 0.306 e. The lowest BCUT2D eigenvalue weighted by Gasteiger charge is -2.18. The molecular formula is C59H100O6. The first-order valence-corrected chi connectivity index (χ1v) is 27.1. The molecule has 0 spiro atoms. The quantitative estimate of drug-likeness (QED) is 0.0262. The molecule has 0 aliphatic rings. The second-order valence-electron chi connectivity index (χ2n) is 17.8. The number of carbonyl (C=O) groups is 3. The first kappa shape index (κ1) is 61.6. The van der Waals surface area contributed by atoms with E-state index < -0.39 is 6.10 Å². The molecule has 0 aromatic heterocycles. The molecule has 0 heterocycles. The summed E-state index contributed by atoms with van der Waals surface area (Å²) in [6, 6.07) is 0. The molecule has 0 amide bonds. The highest BCUT2D eigenvalue weighted by Gasteiger charge is 2.19. The lowest BCUT2D eigenvalue weighted by atomic mass is 10.0. The highest BCUT2D eigenvalue weighted by atomic mass is 16.6. The van der Waals surface area contributed by atoms with E-state index in [-0.39, 0.29) is 31.1 Å². The fourth-order valence-electron chi connectivity index (χ4n) is 7.32. The second-order valence-corrected chi connectivity index (χ2v) is 17.8. The fourth-order valence-corrected chi connectivity index (χ4v) is 7.32. The zero-order valence-electron chi connectivity index (χ0n) is 42.5. The lowest BCUT2D eigenvalue weighted by Crippen LogP contribution is -2.30. The summed E-state index contributed by atoms with van der Waals surface area (Å²) in [5.41, 5.74) is 0. The van der Waals surface area contributed by atoms with Crippen molar-refractivity contribution in [1.29, 1.82) is 0 Å². The normalized spacial score (nSPS) is 12.7. The van der Waals surface area contributed by atoms with E-state index in [1.807, 2.05) is 0 Å². The predicted molar refractivity (Wildman–Crippen MR) is 279 cm³/mol. The van der Waals surface area contributed by atoms with Crippen LogP contribution in [0.1, 0.15) is 252 Å². The minimum absolute atomic E-state index is 0.0927. The third-order valence-electron chi connectivity index (χ3n) is 11.4. The molecule has 0 N–H and O–H groups in total. The number of carbonyl (C=O) groups excluding carboxylic acids is 3. The summed E-state index contributed by atoms with van der Waals surface area (Å²) in [6.45, 7) is 6.46. The van der Waals surface area contributed by atoms with Gasteiger partial charge in [0, 0.05) is 19.3 Å². The standard InChI is InChI=1S/C59H100O6/c1-4-7-10-13-16-19-22-25-27-28-29-30-32-34-37-40-43-46-49-52-58(61)64-55-56(54-63-57(60)51-48-45-42-39-36-33-24-21-18-15-12-9-6-3)65-59(62)53-50-47-44-41-38-35-31-26-23-20-17-14-11-8-5-2/h8,11,16-17,19-20,25-27,29-31,34,37,56H,4-7,9-10,12-15,18,21-24,28,32-33,35-36,38-55H2,1-3H3/b11-8+,19-16+,20-17+,27-25+,30-29+,31-26+,37-34+/t56-/m1/s1. The summed E-state index contributed by atoms with van der Waals surface area (Å²) >= 11 is 0. The molecule has 0 radical (unpaired) electrons. The number of rotatable bonds is 48. The van der Waals surface area contributed by atoms with E-state index in [4.69, 9.17) is 14.2 Å². The SMILES string of the molecule is CC/C=C/C/C=C/C/C=C/CCCCCCCC(=O)O[C@@H](COC(=O)CCCCC/C=C/C/C=C/C/C=C/C/C=C/CCCCC)COC(=O)CCCCCCCCCCCCCCC. The van der Waals surface area contributed by atoms with Crippen LogP contribution in [-0.4, -0.2) is 37.2 Å². The summed E-state index contributed by atoms with van der Waals surface area (Å²) in [4.78, 5) is 38.0. The van der Waals surface area contributed by atoms with E-state index >= 15 is 0 Å². The maximum absolute atomic E-state index is 12.8. The van der Waals surface area contributed by atoms with Crippen molar-refractivity contribution in [1.82, 2.24) is 0 Å². The number of hydrogen-bond donors (Lipinski definition) is 0. The number of allylic oxidation sites excluding steroid dienone is 14. The van der Waals surface area contributed by atoms with E-state index in [1.165, 1.54) is 89.9 Å². The average molecular weight is 905 g/mol. The van der Waals surface area contributed by atoms with Crippen LogP contribution in [0.25, 0.3) is 0 Å². The Balaban J connectivity index is 4.46. The van der Waals surface area contributed by atoms with Crippen molar-refractivity contribution in [2.75, 3.05) is 13.2 Å². The zero-order valence-corrected chi connectivity index (χ0v) is 42.5. The summed E-state index contributed by atoms with van der Waals surface area (Å²) in [5, 5.41) is 0. The number of hydrogen-bond acceptors (Lipinski definition) is 6. The molecule has 6 nitrogen and oxygen atoms in total. The van der Waals surface area contributed by atoms with Gasteiger partial charge in [-0.3, -0.25) is 14.4 Å². The van der Waals surface area contributed by atoms with Crippen molar-refractivity contribution in [2.24, 2.45) is 0 Å². The summed E-state index contributed by atoms with van der Waals surface area (Å²) < 4.78 is 16.8. The van der Waals surface area contributed by atoms with Crippen molar-refractivity contribution in [2.45, 2.75) is 258 Å². The van der Waals surface area contributed by atoms with E-state index in [9.17, 15) is 14.4 Å². The first-order chi connectivity index (χ1) is 32.0. The van der Waals surface area contributed by atoms with Crippen LogP contribution in [0.3, 0.4) is 0 Å². The largest absolute Gasteiger partial charge is 0.462 e. The van der Waals surface area contributed by atoms with Crippen LogP contribution in [0.4, 0.5) is 0 Å². The van der Waals surface area contributed by atoms with Gasteiger partial charge in [0.2, 0.25) is 0 Å². The molecule has 0 saturated heterocycles. The Labute approximate surface area is 401 Å². The maximum Gasteiger partial charge on any atom is 0.306 e. The molecule has 0 aromatic carbocycles. The Bertz CT molecular complexity index is 1270. The molecule has 6 heteroatoms. The van der Waals surface area contributed by atoms with Crippen LogP contribution in [0.5, 0.6) is 0 Å². The number of ether oxygens (including phenoxy) is 3. The van der Waals surface area contributed by atoms with Gasteiger partial charge in [0.15, 0.2) is 6.10 Å². The Hall–Kier alpha value is -3.41. The van der Waals surface area contributed by atoms with Gasteiger partial charge in [-0.1, -0.05) is 221 Å². The van der Waals surface area contributed by atoms with E-state index in [2.05, 4.69) is 106 Å². The molecule has 65 heavy (non-hydrogen) atoms. The third kappa shape index (κ3) is 51.4. The van der Waals surface area contributed by atoms with Gasteiger partial charge in [-0.25, -0.2) is 0 Å². The molecule has 0 fully saturated rings. The first-order valence-electron chi connectivity index (χ1n) is 27.1. The van der Waals surface area contributed by atoms with E-state index in [1.54, 1.807) is 0 Å². The van der Waals surface area contributed by atoms with Gasteiger partial charge < -0.3 is 14.2 Å². The summed E-state index contributed by atoms with van der Waals surface area (Å²) in [7, 11) is 0. The van der Waals surface area contributed by atoms with Gasteiger partial charge in [-0.15, -0.1) is 0 Å². The van der Waals surface area contributed by atoms with Crippen LogP contribution in [0.15, 0.2) is 85.1 Å². The van der Waals surface area contributed by atoms with Gasteiger partial charge in [0.25, 0.3) is 0 Å². The highest BCUT2D eigenvalue weighted by Crippen LogP contribution is 2.15. The predicted octanol–water partition coefficient (Wildman–Crippen LogP) is 18.0. The van der Waals surface area contributed by atoms with Crippen molar-refractivity contribution >= 4 is 17.9 Å². The molecule has 0 saturated carbocycles. The minimum atomic E-state index is -0.797. The highest BCUT2D eigenvalue weighted by molar-refractivity contribution is 5.71. The Kier molecular flexibility index (Phi) is 50.4. The molecule has 372 valence electrons. The monoisotopic (exact) mass is 905 g/mol. The Morgan fingerprint density at radius 2 is 0.600 bits per heavy atom. The number of unbranched alkanes of at least 4 members (excludes halogenated alkanes) is 23. The van der Waals surface area contributed by atoms with Crippen LogP contribution in [-0.2, 0) is 28.6 Å². The third-order valence-corrected chi connectivity index (χ3v) is 11.4. The molecule has 0 aliphatic carbocycles. The molecular weight excluding hydrogens is 805 g/mol. The van der Waals surface area contributed by atoms with E-state index in [0.717, 1.165) is 122 Å². The zero-order chi connectivity index (χ0) is 47.2. The summed E-state index contributed by atoms with van der Waals surface area (Å²) in [5.74, 6) is -0.939. The second kappa shape index (κ2) is 53.2. The Morgan fingerprint density at radius 3 is 0.985 bits per heavy atom. The van der Waals surface area contributed by atoms with E-state index in [0.29, 0.717) is 19.3 Å². The van der Waals surface area contributed by atoms with Crippen LogP contribution in [0, 0.1) is 0 Å². The van der Waals surface area contributed by atoms with Crippen molar-refractivity contribution < 1.29 is 28.6 Å². The molecule has 0 aromatic rings. The van der Waals surface area contributed by atoms with Crippen molar-refractivity contribution in [3.05, 3.63) is 85.1 Å². The minimum Gasteiger partial charge on any atom is -0.462 e. The molecule has 0 bridgehead atoms. The van der Waals surface area contributed by atoms with Crippen molar-refractivity contribution in [3.63, 3.8) is 0 Å². The average Bonchev–Trinajstić information content (AvgIpc) is 3.30.